The first kappa shape index (κ1) is 11.9. The average Bonchev–Trinajstić information content (AvgIpc) is 2.53. The summed E-state index contributed by atoms with van der Waals surface area (Å²) in [4.78, 5) is 1.27. The fraction of sp³-hybridized carbons (Fsp3) is 0.200. The lowest BCUT2D eigenvalue weighted by molar-refractivity contribution is 1.40. The zero-order valence-corrected chi connectivity index (χ0v) is 11.3. The SMILES string of the molecule is C=C(c1ccc(C)cc1)c1c(N)sc(C)c1C. The maximum Gasteiger partial charge on any atom is 0.0941 e. The van der Waals surface area contributed by atoms with Gasteiger partial charge in [0.2, 0.25) is 0 Å². The molecule has 0 aliphatic carbocycles. The van der Waals surface area contributed by atoms with Crippen molar-refractivity contribution >= 4 is 21.9 Å². The van der Waals surface area contributed by atoms with Crippen molar-refractivity contribution in [2.24, 2.45) is 0 Å². The Morgan fingerprint density at radius 1 is 1.12 bits per heavy atom. The van der Waals surface area contributed by atoms with Gasteiger partial charge >= 0.3 is 0 Å². The highest BCUT2D eigenvalue weighted by Gasteiger charge is 2.13. The van der Waals surface area contributed by atoms with Crippen LogP contribution in [0.25, 0.3) is 5.57 Å². The van der Waals surface area contributed by atoms with Gasteiger partial charge < -0.3 is 5.73 Å². The van der Waals surface area contributed by atoms with Crippen molar-refractivity contribution in [1.82, 2.24) is 0 Å². The van der Waals surface area contributed by atoms with Crippen LogP contribution in [0.5, 0.6) is 0 Å². The smallest absolute Gasteiger partial charge is 0.0941 e. The number of rotatable bonds is 2. The lowest BCUT2D eigenvalue weighted by Gasteiger charge is -2.08. The number of hydrogen-bond acceptors (Lipinski definition) is 2. The van der Waals surface area contributed by atoms with Gasteiger partial charge in [-0.15, -0.1) is 11.3 Å². The highest BCUT2D eigenvalue weighted by Crippen LogP contribution is 2.36. The second kappa shape index (κ2) is 4.38. The molecule has 0 atom stereocenters. The van der Waals surface area contributed by atoms with Crippen LogP contribution in [0, 0.1) is 20.8 Å². The number of anilines is 1. The molecule has 1 heterocycles. The Bertz CT molecular complexity index is 561. The third-order valence-corrected chi connectivity index (χ3v) is 4.15. The summed E-state index contributed by atoms with van der Waals surface area (Å²) in [6.07, 6.45) is 0. The second-order valence-corrected chi connectivity index (χ2v) is 5.62. The zero-order chi connectivity index (χ0) is 12.6. The number of nitrogen functional groups attached to an aromatic ring is 1. The average molecular weight is 243 g/mol. The van der Waals surface area contributed by atoms with Gasteiger partial charge in [-0.05, 0) is 37.5 Å². The molecule has 1 nitrogen and oxygen atoms in total. The topological polar surface area (TPSA) is 26.0 Å². The van der Waals surface area contributed by atoms with Crippen molar-refractivity contribution in [2.75, 3.05) is 5.73 Å². The van der Waals surface area contributed by atoms with E-state index in [-0.39, 0.29) is 0 Å². The lowest BCUT2D eigenvalue weighted by atomic mass is 9.97. The largest absolute Gasteiger partial charge is 0.390 e. The zero-order valence-electron chi connectivity index (χ0n) is 10.5. The molecule has 0 fully saturated rings. The van der Waals surface area contributed by atoms with Crippen molar-refractivity contribution in [1.29, 1.82) is 0 Å². The fourth-order valence-corrected chi connectivity index (χ4v) is 2.89. The summed E-state index contributed by atoms with van der Waals surface area (Å²) in [6.45, 7) is 10.5. The quantitative estimate of drug-likeness (QED) is 0.835. The summed E-state index contributed by atoms with van der Waals surface area (Å²) in [7, 11) is 0. The summed E-state index contributed by atoms with van der Waals surface area (Å²) < 4.78 is 0. The minimum atomic E-state index is 0.866. The molecule has 1 aromatic heterocycles. The van der Waals surface area contributed by atoms with Crippen LogP contribution >= 0.6 is 11.3 Å². The van der Waals surface area contributed by atoms with E-state index in [1.807, 2.05) is 0 Å². The Balaban J connectivity index is 2.47. The molecular weight excluding hydrogens is 226 g/mol. The summed E-state index contributed by atoms with van der Waals surface area (Å²) in [5, 5.41) is 0.866. The normalized spacial score (nSPS) is 10.5. The van der Waals surface area contributed by atoms with Gasteiger partial charge in [0, 0.05) is 10.4 Å². The maximum absolute atomic E-state index is 6.07. The molecule has 0 saturated heterocycles. The van der Waals surface area contributed by atoms with E-state index in [2.05, 4.69) is 51.6 Å². The van der Waals surface area contributed by atoms with Crippen LogP contribution in [0.15, 0.2) is 30.8 Å². The Morgan fingerprint density at radius 2 is 1.71 bits per heavy atom. The van der Waals surface area contributed by atoms with E-state index in [4.69, 9.17) is 5.73 Å². The predicted molar refractivity (Wildman–Crippen MR) is 77.5 cm³/mol. The van der Waals surface area contributed by atoms with Gasteiger partial charge in [-0.3, -0.25) is 0 Å². The van der Waals surface area contributed by atoms with Crippen molar-refractivity contribution in [2.45, 2.75) is 20.8 Å². The molecule has 2 N–H and O–H groups in total. The second-order valence-electron chi connectivity index (χ2n) is 4.37. The van der Waals surface area contributed by atoms with Crippen LogP contribution in [-0.4, -0.2) is 0 Å². The van der Waals surface area contributed by atoms with Crippen LogP contribution in [0.3, 0.4) is 0 Å². The van der Waals surface area contributed by atoms with Crippen LogP contribution in [0.4, 0.5) is 5.00 Å². The summed E-state index contributed by atoms with van der Waals surface area (Å²) in [6, 6.07) is 8.41. The molecule has 17 heavy (non-hydrogen) atoms. The predicted octanol–water partition coefficient (Wildman–Crippen LogP) is 4.32. The Morgan fingerprint density at radius 3 is 2.18 bits per heavy atom. The van der Waals surface area contributed by atoms with Gasteiger partial charge in [0.05, 0.1) is 5.00 Å². The Hall–Kier alpha value is -1.54. The highest BCUT2D eigenvalue weighted by atomic mass is 32.1. The maximum atomic E-state index is 6.07. The molecule has 0 saturated carbocycles. The molecular formula is C15H17NS. The number of hydrogen-bond donors (Lipinski definition) is 1. The van der Waals surface area contributed by atoms with Gasteiger partial charge in [0.1, 0.15) is 0 Å². The molecule has 88 valence electrons. The lowest BCUT2D eigenvalue weighted by Crippen LogP contribution is -1.92. The monoisotopic (exact) mass is 243 g/mol. The molecule has 0 radical (unpaired) electrons. The summed E-state index contributed by atoms with van der Waals surface area (Å²) in [5.41, 5.74) is 11.8. The highest BCUT2D eigenvalue weighted by molar-refractivity contribution is 7.16. The number of thiophene rings is 1. The number of nitrogens with two attached hydrogens (primary N) is 1. The van der Waals surface area contributed by atoms with E-state index in [1.165, 1.54) is 16.0 Å². The molecule has 0 amide bonds. The van der Waals surface area contributed by atoms with Crippen LogP contribution in [0.2, 0.25) is 0 Å². The van der Waals surface area contributed by atoms with E-state index in [1.54, 1.807) is 11.3 Å². The van der Waals surface area contributed by atoms with Crippen molar-refractivity contribution in [3.8, 4) is 0 Å². The minimum Gasteiger partial charge on any atom is -0.390 e. The first-order valence-electron chi connectivity index (χ1n) is 5.62. The van der Waals surface area contributed by atoms with Crippen LogP contribution in [-0.2, 0) is 0 Å². The van der Waals surface area contributed by atoms with Crippen LogP contribution in [0.1, 0.15) is 27.1 Å². The molecule has 0 bridgehead atoms. The van der Waals surface area contributed by atoms with E-state index in [9.17, 15) is 0 Å². The van der Waals surface area contributed by atoms with E-state index < -0.39 is 0 Å². The Labute approximate surface area is 107 Å². The first-order valence-corrected chi connectivity index (χ1v) is 6.44. The minimum absolute atomic E-state index is 0.866. The molecule has 2 aromatic rings. The fourth-order valence-electron chi connectivity index (χ4n) is 1.93. The number of aryl methyl sites for hydroxylation is 2. The van der Waals surface area contributed by atoms with E-state index in [0.29, 0.717) is 0 Å². The summed E-state index contributed by atoms with van der Waals surface area (Å²) >= 11 is 1.64. The molecule has 2 heteroatoms. The van der Waals surface area contributed by atoms with Gasteiger partial charge in [-0.1, -0.05) is 36.4 Å². The van der Waals surface area contributed by atoms with Gasteiger partial charge in [-0.2, -0.15) is 0 Å². The van der Waals surface area contributed by atoms with E-state index >= 15 is 0 Å². The van der Waals surface area contributed by atoms with E-state index in [0.717, 1.165) is 21.7 Å². The standard InChI is InChI=1S/C15H17NS/c1-9-5-7-13(8-6-9)11(3)14-10(2)12(4)17-15(14)16/h5-8H,3,16H2,1-2,4H3. The van der Waals surface area contributed by atoms with Crippen molar-refractivity contribution < 1.29 is 0 Å². The third kappa shape index (κ3) is 2.13. The molecule has 1 aromatic carbocycles. The van der Waals surface area contributed by atoms with Gasteiger partial charge in [-0.25, -0.2) is 0 Å². The van der Waals surface area contributed by atoms with Crippen molar-refractivity contribution in [3.63, 3.8) is 0 Å². The van der Waals surface area contributed by atoms with Crippen LogP contribution < -0.4 is 5.73 Å². The van der Waals surface area contributed by atoms with Gasteiger partial charge in [0.15, 0.2) is 0 Å². The molecule has 0 unspecified atom stereocenters. The van der Waals surface area contributed by atoms with Gasteiger partial charge in [0.25, 0.3) is 0 Å². The Kier molecular flexibility index (Phi) is 3.07. The number of benzene rings is 1. The molecule has 2 rings (SSSR count). The molecule has 0 aliphatic heterocycles. The molecule has 0 spiro atoms. The van der Waals surface area contributed by atoms with Crippen molar-refractivity contribution in [3.05, 3.63) is 58.0 Å². The summed E-state index contributed by atoms with van der Waals surface area (Å²) in [5.74, 6) is 0. The first-order chi connectivity index (χ1) is 8.00. The molecule has 0 aliphatic rings. The third-order valence-electron chi connectivity index (χ3n) is 3.11.